The summed E-state index contributed by atoms with van der Waals surface area (Å²) in [5, 5.41) is 8.96. The second-order valence-electron chi connectivity index (χ2n) is 5.81. The molecule has 0 atom stereocenters. The number of amides is 1. The highest BCUT2D eigenvalue weighted by molar-refractivity contribution is 5.91. The number of nitrogens with zero attached hydrogens (tertiary/aromatic N) is 2. The number of hydrogen-bond donors (Lipinski definition) is 1. The highest BCUT2D eigenvalue weighted by Crippen LogP contribution is 2.49. The molecule has 1 aliphatic heterocycles. The van der Waals surface area contributed by atoms with Crippen LogP contribution in [0.15, 0.2) is 30.3 Å². The molecule has 1 saturated heterocycles. The topological polar surface area (TPSA) is 43.8 Å². The van der Waals surface area contributed by atoms with E-state index in [1.54, 1.807) is 0 Å². The van der Waals surface area contributed by atoms with Crippen LogP contribution in [0.4, 0.5) is 0 Å². The van der Waals surface area contributed by atoms with Crippen LogP contribution >= 0.6 is 0 Å². The molecule has 1 amide bonds. The van der Waals surface area contributed by atoms with Crippen LogP contribution in [0.3, 0.4) is 0 Å². The van der Waals surface area contributed by atoms with Gasteiger partial charge in [0.05, 0.1) is 12.0 Å². The lowest BCUT2D eigenvalue weighted by molar-refractivity contribution is -0.135. The van der Waals surface area contributed by atoms with Crippen molar-refractivity contribution in [2.75, 3.05) is 39.3 Å². The van der Waals surface area contributed by atoms with Crippen molar-refractivity contribution in [3.8, 4) is 0 Å². The molecule has 0 aromatic heterocycles. The third kappa shape index (κ3) is 2.45. The Morgan fingerprint density at radius 3 is 2.30 bits per heavy atom. The lowest BCUT2D eigenvalue weighted by atomic mass is 9.94. The van der Waals surface area contributed by atoms with Crippen LogP contribution in [-0.2, 0) is 10.2 Å². The third-order valence-corrected chi connectivity index (χ3v) is 4.56. The Kier molecular flexibility index (Phi) is 3.76. The molecule has 1 aromatic carbocycles. The van der Waals surface area contributed by atoms with Gasteiger partial charge >= 0.3 is 0 Å². The highest BCUT2D eigenvalue weighted by Gasteiger charge is 2.53. The number of carbonyl (C=O) groups excluding carboxylic acids is 1. The summed E-state index contributed by atoms with van der Waals surface area (Å²) in [5.74, 6) is 0.298. The van der Waals surface area contributed by atoms with Gasteiger partial charge in [0, 0.05) is 32.7 Å². The van der Waals surface area contributed by atoms with Gasteiger partial charge < -0.3 is 10.0 Å². The van der Waals surface area contributed by atoms with E-state index < -0.39 is 0 Å². The van der Waals surface area contributed by atoms with Crippen LogP contribution in [0.25, 0.3) is 0 Å². The molecule has 1 aromatic rings. The van der Waals surface area contributed by atoms with Gasteiger partial charge in [0.2, 0.25) is 5.91 Å². The summed E-state index contributed by atoms with van der Waals surface area (Å²) >= 11 is 0. The molecule has 0 bridgehead atoms. The Hall–Kier alpha value is -1.39. The normalized spacial score (nSPS) is 21.8. The average Bonchev–Trinajstić information content (AvgIpc) is 3.30. The molecule has 20 heavy (non-hydrogen) atoms. The van der Waals surface area contributed by atoms with E-state index in [0.717, 1.165) is 39.0 Å². The first kappa shape index (κ1) is 13.6. The number of aliphatic hydroxyl groups is 1. The van der Waals surface area contributed by atoms with E-state index in [4.69, 9.17) is 5.11 Å². The Bertz CT molecular complexity index is 463. The maximum Gasteiger partial charge on any atom is 0.233 e. The summed E-state index contributed by atoms with van der Waals surface area (Å²) in [6, 6.07) is 10.2. The van der Waals surface area contributed by atoms with Crippen molar-refractivity contribution in [2.24, 2.45) is 0 Å². The van der Waals surface area contributed by atoms with E-state index in [9.17, 15) is 4.79 Å². The maximum atomic E-state index is 12.8. The summed E-state index contributed by atoms with van der Waals surface area (Å²) in [5.41, 5.74) is 0.934. The first-order valence-electron chi connectivity index (χ1n) is 7.44. The first-order chi connectivity index (χ1) is 9.76. The summed E-state index contributed by atoms with van der Waals surface area (Å²) in [6.07, 6.45) is 1.96. The second kappa shape index (κ2) is 5.54. The van der Waals surface area contributed by atoms with E-state index >= 15 is 0 Å². The number of carbonyl (C=O) groups is 1. The number of benzene rings is 1. The van der Waals surface area contributed by atoms with Gasteiger partial charge in [-0.2, -0.15) is 0 Å². The molecule has 0 radical (unpaired) electrons. The predicted octanol–water partition coefficient (Wildman–Crippen LogP) is 0.855. The number of aliphatic hydroxyl groups excluding tert-OH is 1. The van der Waals surface area contributed by atoms with Crippen molar-refractivity contribution in [3.63, 3.8) is 0 Å². The van der Waals surface area contributed by atoms with Crippen LogP contribution in [0.5, 0.6) is 0 Å². The zero-order chi connectivity index (χ0) is 14.0. The summed E-state index contributed by atoms with van der Waals surface area (Å²) in [7, 11) is 0. The first-order valence-corrected chi connectivity index (χ1v) is 7.44. The number of rotatable bonds is 4. The smallest absolute Gasteiger partial charge is 0.233 e. The zero-order valence-electron chi connectivity index (χ0n) is 11.8. The molecule has 3 rings (SSSR count). The number of β-amino-alcohol motifs (C(OH)–C–C–N with tert-alkyl or cyclic N) is 1. The molecule has 1 N–H and O–H groups in total. The summed E-state index contributed by atoms with van der Waals surface area (Å²) in [6.45, 7) is 4.23. The van der Waals surface area contributed by atoms with Crippen LogP contribution in [-0.4, -0.2) is 60.1 Å². The molecule has 108 valence electrons. The molecule has 4 heteroatoms. The van der Waals surface area contributed by atoms with Crippen molar-refractivity contribution >= 4 is 5.91 Å². The molecule has 2 aliphatic rings. The van der Waals surface area contributed by atoms with Gasteiger partial charge in [0.1, 0.15) is 0 Å². The van der Waals surface area contributed by atoms with E-state index in [-0.39, 0.29) is 12.0 Å². The van der Waals surface area contributed by atoms with E-state index in [0.29, 0.717) is 12.5 Å². The van der Waals surface area contributed by atoms with Crippen LogP contribution in [0.2, 0.25) is 0 Å². The van der Waals surface area contributed by atoms with Crippen molar-refractivity contribution in [1.29, 1.82) is 0 Å². The van der Waals surface area contributed by atoms with Gasteiger partial charge in [-0.1, -0.05) is 30.3 Å². The van der Waals surface area contributed by atoms with Crippen molar-refractivity contribution in [2.45, 2.75) is 18.3 Å². The maximum absolute atomic E-state index is 12.8. The third-order valence-electron chi connectivity index (χ3n) is 4.56. The highest BCUT2D eigenvalue weighted by atomic mass is 16.3. The van der Waals surface area contributed by atoms with Gasteiger partial charge in [-0.25, -0.2) is 0 Å². The Balaban J connectivity index is 1.66. The second-order valence-corrected chi connectivity index (χ2v) is 5.81. The number of piperazine rings is 1. The minimum absolute atomic E-state index is 0.196. The number of hydrogen-bond acceptors (Lipinski definition) is 3. The molecule has 1 aliphatic carbocycles. The summed E-state index contributed by atoms with van der Waals surface area (Å²) in [4.78, 5) is 17.0. The van der Waals surface area contributed by atoms with Crippen LogP contribution in [0.1, 0.15) is 18.4 Å². The Labute approximate surface area is 120 Å². The molecule has 4 nitrogen and oxygen atoms in total. The van der Waals surface area contributed by atoms with Crippen molar-refractivity contribution < 1.29 is 9.90 Å². The fraction of sp³-hybridized carbons (Fsp3) is 0.562. The molecule has 1 heterocycles. The van der Waals surface area contributed by atoms with E-state index in [1.807, 2.05) is 23.1 Å². The molecule has 1 saturated carbocycles. The van der Waals surface area contributed by atoms with Crippen LogP contribution < -0.4 is 0 Å². The fourth-order valence-corrected chi connectivity index (χ4v) is 3.13. The van der Waals surface area contributed by atoms with Gasteiger partial charge in [-0.3, -0.25) is 9.69 Å². The average molecular weight is 274 g/mol. The monoisotopic (exact) mass is 274 g/mol. The van der Waals surface area contributed by atoms with E-state index in [2.05, 4.69) is 17.0 Å². The summed E-state index contributed by atoms with van der Waals surface area (Å²) < 4.78 is 0. The molecular formula is C16H22N2O2. The largest absolute Gasteiger partial charge is 0.395 e. The van der Waals surface area contributed by atoms with E-state index in [1.165, 1.54) is 5.56 Å². The van der Waals surface area contributed by atoms with Gasteiger partial charge in [0.25, 0.3) is 0 Å². The molecule has 0 spiro atoms. The molecule has 2 fully saturated rings. The van der Waals surface area contributed by atoms with Gasteiger partial charge in [-0.05, 0) is 18.4 Å². The minimum atomic E-state index is -0.236. The Morgan fingerprint density at radius 1 is 1.10 bits per heavy atom. The quantitative estimate of drug-likeness (QED) is 0.885. The van der Waals surface area contributed by atoms with Crippen molar-refractivity contribution in [1.82, 2.24) is 9.80 Å². The SMILES string of the molecule is O=C(N1CCN(CCO)CC1)C1(c2ccccc2)CC1. The minimum Gasteiger partial charge on any atom is -0.395 e. The van der Waals surface area contributed by atoms with Crippen molar-refractivity contribution in [3.05, 3.63) is 35.9 Å². The van der Waals surface area contributed by atoms with Gasteiger partial charge in [0.15, 0.2) is 0 Å². The predicted molar refractivity (Wildman–Crippen MR) is 77.5 cm³/mol. The fourth-order valence-electron chi connectivity index (χ4n) is 3.13. The lowest BCUT2D eigenvalue weighted by Gasteiger charge is -2.36. The molecular weight excluding hydrogens is 252 g/mol. The standard InChI is InChI=1S/C16H22N2O2/c19-13-12-17-8-10-18(11-9-17)15(20)16(6-7-16)14-4-2-1-3-5-14/h1-5,19H,6-13H2. The Morgan fingerprint density at radius 2 is 1.75 bits per heavy atom. The van der Waals surface area contributed by atoms with Crippen LogP contribution in [0, 0.1) is 0 Å². The molecule has 0 unspecified atom stereocenters. The zero-order valence-corrected chi connectivity index (χ0v) is 11.8. The lowest BCUT2D eigenvalue weighted by Crippen LogP contribution is -2.52. The van der Waals surface area contributed by atoms with Gasteiger partial charge in [-0.15, -0.1) is 0 Å².